The minimum Gasteiger partial charge on any atom is -0.458 e. The molecule has 3 rings (SSSR count). The van der Waals surface area contributed by atoms with Gasteiger partial charge in [-0.25, -0.2) is 9.59 Å². The normalized spacial score (nSPS) is 34.5. The molecule has 0 N–H and O–H groups in total. The van der Waals surface area contributed by atoms with Crippen molar-refractivity contribution >= 4 is 29.5 Å². The van der Waals surface area contributed by atoms with Crippen LogP contribution in [0.2, 0.25) is 0 Å². The third kappa shape index (κ3) is 3.11. The van der Waals surface area contributed by atoms with Crippen LogP contribution < -0.4 is 0 Å². The number of esters is 3. The Morgan fingerprint density at radius 1 is 1.29 bits per heavy atom. The van der Waals surface area contributed by atoms with E-state index in [9.17, 15) is 14.4 Å². The minimum absolute atomic E-state index is 0.201. The summed E-state index contributed by atoms with van der Waals surface area (Å²) in [4.78, 5) is 35.6. The summed E-state index contributed by atoms with van der Waals surface area (Å²) >= 11 is 5.53. The average Bonchev–Trinajstić information content (AvgIpc) is 2.98. The lowest BCUT2D eigenvalue weighted by molar-refractivity contribution is -0.147. The standard InChI is InChI=1S/C17H17ClO6/c1-8-3-11-5-10(17(21)22-11)6-13-15(9(2)16(20)24-13)12(4-8)23-14(19)7-18/h4-5,11-13,15H,2-3,6-7H2,1H3/b8-4+/t11-,12+,13-,15-/m0/s1. The van der Waals surface area contributed by atoms with Crippen LogP contribution in [0.15, 0.2) is 35.5 Å². The number of fused-ring (bicyclic) bond motifs is 2. The van der Waals surface area contributed by atoms with Gasteiger partial charge in [0.15, 0.2) is 0 Å². The summed E-state index contributed by atoms with van der Waals surface area (Å²) in [5.74, 6) is -2.41. The topological polar surface area (TPSA) is 78.9 Å². The highest BCUT2D eigenvalue weighted by Gasteiger charge is 2.46. The predicted molar refractivity (Wildman–Crippen MR) is 84.1 cm³/mol. The van der Waals surface area contributed by atoms with Gasteiger partial charge in [0, 0.05) is 24.0 Å². The van der Waals surface area contributed by atoms with Crippen molar-refractivity contribution in [1.82, 2.24) is 0 Å². The molecule has 7 heteroatoms. The van der Waals surface area contributed by atoms with Gasteiger partial charge in [-0.15, -0.1) is 11.6 Å². The summed E-state index contributed by atoms with van der Waals surface area (Å²) in [6.45, 7) is 5.62. The Kier molecular flexibility index (Phi) is 4.49. The van der Waals surface area contributed by atoms with Gasteiger partial charge in [0.2, 0.25) is 0 Å². The Hall–Kier alpha value is -2.08. The maximum absolute atomic E-state index is 12.0. The second kappa shape index (κ2) is 6.43. The van der Waals surface area contributed by atoms with Crippen molar-refractivity contribution in [3.8, 4) is 0 Å². The Morgan fingerprint density at radius 3 is 2.75 bits per heavy atom. The molecular weight excluding hydrogens is 336 g/mol. The quantitative estimate of drug-likeness (QED) is 0.248. The van der Waals surface area contributed by atoms with Crippen molar-refractivity contribution in [2.75, 3.05) is 5.88 Å². The maximum Gasteiger partial charge on any atom is 0.334 e. The SMILES string of the molecule is C=C1C(=O)O[C@H]2CC3=C[C@H](C/C(C)=C/[C@@H](OC(=O)CCl)[C@H]12)OC3=O. The molecule has 0 spiro atoms. The molecule has 3 aliphatic rings. The first-order valence-electron chi connectivity index (χ1n) is 7.63. The smallest absolute Gasteiger partial charge is 0.334 e. The van der Waals surface area contributed by atoms with Gasteiger partial charge in [-0.3, -0.25) is 4.79 Å². The molecular formula is C17H17ClO6. The van der Waals surface area contributed by atoms with E-state index in [2.05, 4.69) is 6.58 Å². The van der Waals surface area contributed by atoms with Crippen LogP contribution in [-0.4, -0.2) is 42.1 Å². The molecule has 1 fully saturated rings. The summed E-state index contributed by atoms with van der Waals surface area (Å²) in [6, 6.07) is 0. The van der Waals surface area contributed by atoms with Gasteiger partial charge in [-0.05, 0) is 19.1 Å². The minimum atomic E-state index is -0.728. The lowest BCUT2D eigenvalue weighted by Gasteiger charge is -2.25. The Labute approximate surface area is 144 Å². The molecule has 0 aromatic heterocycles. The number of rotatable bonds is 2. The van der Waals surface area contributed by atoms with Crippen LogP contribution in [0.1, 0.15) is 19.8 Å². The number of hydrogen-bond acceptors (Lipinski definition) is 6. The van der Waals surface area contributed by atoms with Crippen molar-refractivity contribution in [2.45, 2.75) is 38.1 Å². The number of carbonyl (C=O) groups excluding carboxylic acids is 3. The second-order valence-electron chi connectivity index (χ2n) is 6.14. The van der Waals surface area contributed by atoms with E-state index in [1.165, 1.54) is 0 Å². The summed E-state index contributed by atoms with van der Waals surface area (Å²) in [6.07, 6.45) is 2.48. The summed E-state index contributed by atoms with van der Waals surface area (Å²) < 4.78 is 16.1. The van der Waals surface area contributed by atoms with Crippen molar-refractivity contribution in [3.63, 3.8) is 0 Å². The average molecular weight is 353 g/mol. The Balaban J connectivity index is 1.99. The molecule has 0 unspecified atom stereocenters. The Bertz CT molecular complexity index is 677. The zero-order chi connectivity index (χ0) is 17.4. The van der Waals surface area contributed by atoms with E-state index in [1.807, 2.05) is 6.92 Å². The van der Waals surface area contributed by atoms with E-state index in [0.29, 0.717) is 12.0 Å². The fourth-order valence-electron chi connectivity index (χ4n) is 3.29. The van der Waals surface area contributed by atoms with Gasteiger partial charge < -0.3 is 14.2 Å². The van der Waals surface area contributed by atoms with Crippen LogP contribution in [0.4, 0.5) is 0 Å². The second-order valence-corrected chi connectivity index (χ2v) is 6.41. The molecule has 2 heterocycles. The molecule has 24 heavy (non-hydrogen) atoms. The van der Waals surface area contributed by atoms with E-state index in [1.54, 1.807) is 12.2 Å². The molecule has 2 bridgehead atoms. The fourth-order valence-corrected chi connectivity index (χ4v) is 3.36. The van der Waals surface area contributed by atoms with E-state index in [0.717, 1.165) is 5.57 Å². The molecule has 4 atom stereocenters. The first kappa shape index (κ1) is 16.8. The molecule has 128 valence electrons. The van der Waals surface area contributed by atoms with Crippen molar-refractivity contribution in [3.05, 3.63) is 35.5 Å². The van der Waals surface area contributed by atoms with E-state index in [-0.39, 0.29) is 24.0 Å². The Morgan fingerprint density at radius 2 is 2.04 bits per heavy atom. The number of carbonyl (C=O) groups is 3. The highest BCUT2D eigenvalue weighted by atomic mass is 35.5. The van der Waals surface area contributed by atoms with Gasteiger partial charge in [0.1, 0.15) is 24.2 Å². The molecule has 6 nitrogen and oxygen atoms in total. The third-order valence-electron chi connectivity index (χ3n) is 4.35. The van der Waals surface area contributed by atoms with E-state index in [4.69, 9.17) is 25.8 Å². The molecule has 0 radical (unpaired) electrons. The van der Waals surface area contributed by atoms with Crippen LogP contribution in [0.5, 0.6) is 0 Å². The van der Waals surface area contributed by atoms with Gasteiger partial charge in [-0.2, -0.15) is 0 Å². The van der Waals surface area contributed by atoms with Crippen molar-refractivity contribution in [2.24, 2.45) is 5.92 Å². The van der Waals surface area contributed by atoms with Gasteiger partial charge in [0.05, 0.1) is 5.92 Å². The van der Waals surface area contributed by atoms with Gasteiger partial charge in [0.25, 0.3) is 0 Å². The fraction of sp³-hybridized carbons (Fsp3) is 0.471. The van der Waals surface area contributed by atoms with Crippen LogP contribution >= 0.6 is 11.6 Å². The van der Waals surface area contributed by atoms with Crippen molar-refractivity contribution < 1.29 is 28.6 Å². The summed E-state index contributed by atoms with van der Waals surface area (Å²) in [5.41, 5.74) is 1.56. The first-order valence-corrected chi connectivity index (χ1v) is 8.16. The number of hydrogen-bond donors (Lipinski definition) is 0. The largest absolute Gasteiger partial charge is 0.458 e. The summed E-state index contributed by atoms with van der Waals surface area (Å²) in [5, 5.41) is 0. The third-order valence-corrected chi connectivity index (χ3v) is 4.57. The first-order chi connectivity index (χ1) is 11.4. The van der Waals surface area contributed by atoms with E-state index >= 15 is 0 Å². The van der Waals surface area contributed by atoms with Crippen molar-refractivity contribution in [1.29, 1.82) is 0 Å². The molecule has 0 aromatic rings. The lowest BCUT2D eigenvalue weighted by atomic mass is 9.85. The maximum atomic E-state index is 12.0. The van der Waals surface area contributed by atoms with Crippen LogP contribution in [0.3, 0.4) is 0 Å². The summed E-state index contributed by atoms with van der Waals surface area (Å²) in [7, 11) is 0. The highest BCUT2D eigenvalue weighted by molar-refractivity contribution is 6.26. The van der Waals surface area contributed by atoms with Gasteiger partial charge >= 0.3 is 17.9 Å². The predicted octanol–water partition coefficient (Wildman–Crippen LogP) is 1.83. The van der Waals surface area contributed by atoms with Crippen LogP contribution in [0.25, 0.3) is 0 Å². The molecule has 0 saturated carbocycles. The lowest BCUT2D eigenvalue weighted by Crippen LogP contribution is -2.33. The zero-order valence-electron chi connectivity index (χ0n) is 13.1. The molecule has 2 aliphatic heterocycles. The monoisotopic (exact) mass is 352 g/mol. The van der Waals surface area contributed by atoms with Crippen LogP contribution in [-0.2, 0) is 28.6 Å². The number of ether oxygens (including phenoxy) is 3. The molecule has 1 aliphatic carbocycles. The molecule has 0 amide bonds. The zero-order valence-corrected chi connectivity index (χ0v) is 13.9. The molecule has 1 saturated heterocycles. The van der Waals surface area contributed by atoms with E-state index < -0.39 is 36.0 Å². The number of alkyl halides is 1. The highest BCUT2D eigenvalue weighted by Crippen LogP contribution is 2.38. The molecule has 0 aromatic carbocycles. The van der Waals surface area contributed by atoms with Gasteiger partial charge in [-0.1, -0.05) is 12.2 Å². The van der Waals surface area contributed by atoms with Crippen LogP contribution in [0, 0.1) is 5.92 Å². The number of halogens is 1.